The third-order valence-corrected chi connectivity index (χ3v) is 5.69. The van der Waals surface area contributed by atoms with E-state index < -0.39 is 0 Å². The SMILES string of the molecule is CCCCCN1CCN(C2CCC(C(C)C)CC2)CC1. The lowest BCUT2D eigenvalue weighted by atomic mass is 9.79. The number of hydrogen-bond donors (Lipinski definition) is 0. The molecule has 0 amide bonds. The highest BCUT2D eigenvalue weighted by Gasteiger charge is 2.28. The van der Waals surface area contributed by atoms with Crippen LogP contribution < -0.4 is 0 Å². The molecule has 20 heavy (non-hydrogen) atoms. The Hall–Kier alpha value is -0.0800. The second-order valence-electron chi connectivity index (χ2n) is 7.40. The zero-order valence-corrected chi connectivity index (χ0v) is 14.1. The van der Waals surface area contributed by atoms with Crippen LogP contribution >= 0.6 is 0 Å². The molecule has 0 unspecified atom stereocenters. The Kier molecular flexibility index (Phi) is 6.83. The molecule has 1 aliphatic carbocycles. The minimum absolute atomic E-state index is 0.895. The fraction of sp³-hybridized carbons (Fsp3) is 1.00. The van der Waals surface area contributed by atoms with Gasteiger partial charge in [0.1, 0.15) is 0 Å². The second-order valence-corrected chi connectivity index (χ2v) is 7.40. The summed E-state index contributed by atoms with van der Waals surface area (Å²) in [6, 6.07) is 0.905. The highest BCUT2D eigenvalue weighted by molar-refractivity contribution is 4.84. The lowest BCUT2D eigenvalue weighted by Crippen LogP contribution is -2.51. The van der Waals surface area contributed by atoms with Crippen LogP contribution in [0, 0.1) is 11.8 Å². The highest BCUT2D eigenvalue weighted by atomic mass is 15.3. The average molecular weight is 281 g/mol. The van der Waals surface area contributed by atoms with Crippen LogP contribution in [0.4, 0.5) is 0 Å². The van der Waals surface area contributed by atoms with Crippen LogP contribution in [0.3, 0.4) is 0 Å². The maximum atomic E-state index is 2.80. The standard InChI is InChI=1S/C18H36N2/c1-4-5-6-11-19-12-14-20(15-13-19)18-9-7-17(8-10-18)16(2)3/h16-18H,4-15H2,1-3H3. The summed E-state index contributed by atoms with van der Waals surface area (Å²) in [6.07, 6.45) is 10.0. The Labute approximate surface area is 126 Å². The van der Waals surface area contributed by atoms with Gasteiger partial charge in [-0.1, -0.05) is 33.6 Å². The lowest BCUT2D eigenvalue weighted by molar-refractivity contribution is 0.0649. The van der Waals surface area contributed by atoms with Gasteiger partial charge in [-0.25, -0.2) is 0 Å². The van der Waals surface area contributed by atoms with Crippen molar-refractivity contribution < 1.29 is 0 Å². The van der Waals surface area contributed by atoms with Crippen LogP contribution in [0.15, 0.2) is 0 Å². The molecule has 2 aliphatic rings. The Balaban J connectivity index is 1.64. The van der Waals surface area contributed by atoms with E-state index in [1.54, 1.807) is 0 Å². The summed E-state index contributed by atoms with van der Waals surface area (Å²) in [7, 11) is 0. The Morgan fingerprint density at radius 1 is 0.900 bits per heavy atom. The quantitative estimate of drug-likeness (QED) is 0.678. The van der Waals surface area contributed by atoms with Crippen LogP contribution in [0.5, 0.6) is 0 Å². The Morgan fingerprint density at radius 3 is 2.10 bits per heavy atom. The van der Waals surface area contributed by atoms with E-state index in [1.807, 2.05) is 0 Å². The number of piperazine rings is 1. The first-order valence-electron chi connectivity index (χ1n) is 9.17. The minimum Gasteiger partial charge on any atom is -0.301 e. The monoisotopic (exact) mass is 280 g/mol. The summed E-state index contributed by atoms with van der Waals surface area (Å²) in [4.78, 5) is 5.48. The molecule has 0 N–H and O–H groups in total. The van der Waals surface area contributed by atoms with E-state index in [9.17, 15) is 0 Å². The lowest BCUT2D eigenvalue weighted by Gasteiger charge is -2.42. The van der Waals surface area contributed by atoms with Crippen molar-refractivity contribution in [2.45, 2.75) is 71.8 Å². The molecule has 2 rings (SSSR count). The van der Waals surface area contributed by atoms with Gasteiger partial charge in [0, 0.05) is 32.2 Å². The summed E-state index contributed by atoms with van der Waals surface area (Å²) in [5.41, 5.74) is 0. The van der Waals surface area contributed by atoms with Crippen LogP contribution in [-0.4, -0.2) is 48.6 Å². The van der Waals surface area contributed by atoms with Crippen LogP contribution in [0.1, 0.15) is 65.7 Å². The molecule has 2 fully saturated rings. The molecule has 118 valence electrons. The van der Waals surface area contributed by atoms with E-state index in [0.717, 1.165) is 17.9 Å². The summed E-state index contributed by atoms with van der Waals surface area (Å²) < 4.78 is 0. The van der Waals surface area contributed by atoms with Gasteiger partial charge in [0.05, 0.1) is 0 Å². The molecule has 1 saturated heterocycles. The van der Waals surface area contributed by atoms with E-state index in [2.05, 4.69) is 30.6 Å². The normalized spacial score (nSPS) is 30.0. The summed E-state index contributed by atoms with van der Waals surface area (Å²) in [6.45, 7) is 13.7. The third-order valence-electron chi connectivity index (χ3n) is 5.69. The zero-order chi connectivity index (χ0) is 14.4. The molecule has 1 saturated carbocycles. The van der Waals surface area contributed by atoms with Crippen LogP contribution in [0.2, 0.25) is 0 Å². The van der Waals surface area contributed by atoms with Crippen molar-refractivity contribution in [2.75, 3.05) is 32.7 Å². The van der Waals surface area contributed by atoms with Crippen LogP contribution in [0.25, 0.3) is 0 Å². The summed E-state index contributed by atoms with van der Waals surface area (Å²) in [5, 5.41) is 0. The molecular formula is C18H36N2. The largest absolute Gasteiger partial charge is 0.301 e. The van der Waals surface area contributed by atoms with Gasteiger partial charge in [0.25, 0.3) is 0 Å². The molecule has 1 aliphatic heterocycles. The van der Waals surface area contributed by atoms with Crippen molar-refractivity contribution in [1.29, 1.82) is 0 Å². The molecule has 0 aromatic rings. The van der Waals surface area contributed by atoms with E-state index in [0.29, 0.717) is 0 Å². The van der Waals surface area contributed by atoms with Gasteiger partial charge in [-0.3, -0.25) is 4.90 Å². The molecule has 0 aromatic carbocycles. The van der Waals surface area contributed by atoms with Gasteiger partial charge in [0.15, 0.2) is 0 Å². The second kappa shape index (κ2) is 8.38. The highest BCUT2D eigenvalue weighted by Crippen LogP contribution is 2.32. The first kappa shape index (κ1) is 16.3. The molecule has 2 heteroatoms. The minimum atomic E-state index is 0.895. The van der Waals surface area contributed by atoms with Gasteiger partial charge in [0.2, 0.25) is 0 Å². The van der Waals surface area contributed by atoms with E-state index in [1.165, 1.54) is 77.7 Å². The molecular weight excluding hydrogens is 244 g/mol. The Morgan fingerprint density at radius 2 is 1.55 bits per heavy atom. The fourth-order valence-corrected chi connectivity index (χ4v) is 4.07. The van der Waals surface area contributed by atoms with Crippen LogP contribution in [-0.2, 0) is 0 Å². The van der Waals surface area contributed by atoms with Crippen molar-refractivity contribution in [3.8, 4) is 0 Å². The Bertz CT molecular complexity index is 248. The topological polar surface area (TPSA) is 6.48 Å². The van der Waals surface area contributed by atoms with Gasteiger partial charge < -0.3 is 4.90 Å². The van der Waals surface area contributed by atoms with Crippen molar-refractivity contribution >= 4 is 0 Å². The number of nitrogens with zero attached hydrogens (tertiary/aromatic N) is 2. The molecule has 2 nitrogen and oxygen atoms in total. The predicted octanol–water partition coefficient (Wildman–Crippen LogP) is 4.01. The van der Waals surface area contributed by atoms with Crippen molar-refractivity contribution in [2.24, 2.45) is 11.8 Å². The third kappa shape index (κ3) is 4.73. The molecule has 0 radical (unpaired) electrons. The van der Waals surface area contributed by atoms with E-state index in [-0.39, 0.29) is 0 Å². The smallest absolute Gasteiger partial charge is 0.0113 e. The fourth-order valence-electron chi connectivity index (χ4n) is 4.07. The molecule has 0 bridgehead atoms. The van der Waals surface area contributed by atoms with Gasteiger partial charge >= 0.3 is 0 Å². The van der Waals surface area contributed by atoms with E-state index in [4.69, 9.17) is 0 Å². The van der Waals surface area contributed by atoms with Gasteiger partial charge in [-0.15, -0.1) is 0 Å². The summed E-state index contributed by atoms with van der Waals surface area (Å²) >= 11 is 0. The first-order chi connectivity index (χ1) is 9.70. The van der Waals surface area contributed by atoms with Crippen molar-refractivity contribution in [3.63, 3.8) is 0 Å². The number of hydrogen-bond acceptors (Lipinski definition) is 2. The van der Waals surface area contributed by atoms with Gasteiger partial charge in [-0.05, 0) is 50.5 Å². The maximum Gasteiger partial charge on any atom is 0.0113 e. The summed E-state index contributed by atoms with van der Waals surface area (Å²) in [5.74, 6) is 1.90. The van der Waals surface area contributed by atoms with Crippen molar-refractivity contribution in [1.82, 2.24) is 9.80 Å². The average Bonchev–Trinajstić information content (AvgIpc) is 2.48. The van der Waals surface area contributed by atoms with Crippen molar-refractivity contribution in [3.05, 3.63) is 0 Å². The molecule has 1 heterocycles. The molecule has 0 atom stereocenters. The number of unbranched alkanes of at least 4 members (excludes halogenated alkanes) is 2. The molecule has 0 spiro atoms. The molecule has 0 aromatic heterocycles. The van der Waals surface area contributed by atoms with Gasteiger partial charge in [-0.2, -0.15) is 0 Å². The number of rotatable bonds is 6. The predicted molar refractivity (Wildman–Crippen MR) is 88.1 cm³/mol. The maximum absolute atomic E-state index is 2.80. The van der Waals surface area contributed by atoms with E-state index >= 15 is 0 Å². The zero-order valence-electron chi connectivity index (χ0n) is 14.1. The first-order valence-corrected chi connectivity index (χ1v) is 9.17.